The molecule has 1 aromatic carbocycles. The molecule has 2 heterocycles. The number of hydrogen-bond acceptors (Lipinski definition) is 3. The Balaban J connectivity index is 1.54. The molecule has 4 heteroatoms. The fraction of sp³-hybridized carbons (Fsp3) is 0.471. The smallest absolute Gasteiger partial charge is 0.244 e. The minimum atomic E-state index is 0.00423. The normalized spacial score (nSPS) is 25.2. The van der Waals surface area contributed by atoms with Crippen LogP contribution in [0.4, 0.5) is 0 Å². The summed E-state index contributed by atoms with van der Waals surface area (Å²) in [6.07, 6.45) is 7.02. The number of benzene rings is 1. The number of nitrogens with zero attached hydrogens (tertiary/aromatic N) is 1. The van der Waals surface area contributed by atoms with Crippen LogP contribution in [0.15, 0.2) is 30.3 Å². The second-order valence-corrected chi connectivity index (χ2v) is 5.76. The van der Waals surface area contributed by atoms with E-state index < -0.39 is 0 Å². The van der Waals surface area contributed by atoms with Gasteiger partial charge in [0.2, 0.25) is 5.91 Å². The molecule has 3 rings (SSSR count). The van der Waals surface area contributed by atoms with Crippen LogP contribution in [-0.4, -0.2) is 43.1 Å². The monoisotopic (exact) mass is 286 g/mol. The van der Waals surface area contributed by atoms with E-state index in [4.69, 9.17) is 4.74 Å². The summed E-state index contributed by atoms with van der Waals surface area (Å²) in [6.45, 7) is 2.32. The molecule has 2 aliphatic heterocycles. The average Bonchev–Trinajstić information content (AvgIpc) is 3.11. The van der Waals surface area contributed by atoms with E-state index in [0.717, 1.165) is 24.3 Å². The Morgan fingerprint density at radius 1 is 1.29 bits per heavy atom. The summed E-state index contributed by atoms with van der Waals surface area (Å²) in [5.41, 5.74) is 1.000. The summed E-state index contributed by atoms with van der Waals surface area (Å²) in [5, 5.41) is 3.15. The number of amides is 1. The Labute approximate surface area is 125 Å². The van der Waals surface area contributed by atoms with Crippen molar-refractivity contribution in [2.24, 2.45) is 0 Å². The standard InChI is InChI=1S/C17H22N2O2/c1-21-14-7-4-13(5-8-14)6-9-17(20)18-15-10-12-19-11-2-3-16(15)19/h4-9,15-16H,2-3,10-12H2,1H3,(H,18,20)/b9-6+. The van der Waals surface area contributed by atoms with Gasteiger partial charge >= 0.3 is 0 Å². The van der Waals surface area contributed by atoms with Crippen LogP contribution in [0.1, 0.15) is 24.8 Å². The molecular formula is C17H22N2O2. The zero-order chi connectivity index (χ0) is 14.7. The molecule has 1 aromatic rings. The van der Waals surface area contributed by atoms with Gasteiger partial charge < -0.3 is 10.1 Å². The van der Waals surface area contributed by atoms with Crippen LogP contribution in [0, 0.1) is 0 Å². The zero-order valence-corrected chi connectivity index (χ0v) is 12.4. The lowest BCUT2D eigenvalue weighted by Gasteiger charge is -2.20. The van der Waals surface area contributed by atoms with E-state index in [1.165, 1.54) is 19.4 Å². The molecule has 0 radical (unpaired) electrons. The predicted molar refractivity (Wildman–Crippen MR) is 83.2 cm³/mol. The molecule has 2 fully saturated rings. The van der Waals surface area contributed by atoms with Gasteiger partial charge in [-0.3, -0.25) is 9.69 Å². The first-order chi connectivity index (χ1) is 10.3. The fourth-order valence-electron chi connectivity index (χ4n) is 3.37. The molecule has 2 aliphatic rings. The molecule has 2 atom stereocenters. The first kappa shape index (κ1) is 14.1. The third-order valence-corrected chi connectivity index (χ3v) is 4.48. The summed E-state index contributed by atoms with van der Waals surface area (Å²) in [4.78, 5) is 14.5. The number of carbonyl (C=O) groups is 1. The summed E-state index contributed by atoms with van der Waals surface area (Å²) >= 11 is 0. The van der Waals surface area contributed by atoms with Gasteiger partial charge in [-0.2, -0.15) is 0 Å². The zero-order valence-electron chi connectivity index (χ0n) is 12.4. The van der Waals surface area contributed by atoms with E-state index >= 15 is 0 Å². The molecule has 2 unspecified atom stereocenters. The number of carbonyl (C=O) groups excluding carboxylic acids is 1. The van der Waals surface area contributed by atoms with Crippen LogP contribution in [0.25, 0.3) is 6.08 Å². The maximum atomic E-state index is 12.0. The number of methoxy groups -OCH3 is 1. The van der Waals surface area contributed by atoms with Crippen LogP contribution in [0.3, 0.4) is 0 Å². The van der Waals surface area contributed by atoms with Crippen LogP contribution in [0.2, 0.25) is 0 Å². The lowest BCUT2D eigenvalue weighted by atomic mass is 10.1. The van der Waals surface area contributed by atoms with E-state index in [9.17, 15) is 4.79 Å². The Morgan fingerprint density at radius 2 is 2.10 bits per heavy atom. The summed E-state index contributed by atoms with van der Waals surface area (Å²) < 4.78 is 5.12. The van der Waals surface area contributed by atoms with Gasteiger partial charge in [-0.05, 0) is 49.6 Å². The Morgan fingerprint density at radius 3 is 2.86 bits per heavy atom. The Kier molecular flexibility index (Phi) is 4.25. The van der Waals surface area contributed by atoms with Gasteiger partial charge in [-0.25, -0.2) is 0 Å². The summed E-state index contributed by atoms with van der Waals surface area (Å²) in [5.74, 6) is 0.827. The van der Waals surface area contributed by atoms with Crippen molar-refractivity contribution in [3.8, 4) is 5.75 Å². The van der Waals surface area contributed by atoms with Crippen molar-refractivity contribution < 1.29 is 9.53 Å². The van der Waals surface area contributed by atoms with E-state index in [1.54, 1.807) is 13.2 Å². The van der Waals surface area contributed by atoms with E-state index in [2.05, 4.69) is 10.2 Å². The molecule has 0 aliphatic carbocycles. The molecule has 0 aromatic heterocycles. The first-order valence-electron chi connectivity index (χ1n) is 7.63. The summed E-state index contributed by atoms with van der Waals surface area (Å²) in [7, 11) is 1.65. The van der Waals surface area contributed by atoms with Crippen molar-refractivity contribution >= 4 is 12.0 Å². The Hall–Kier alpha value is -1.81. The van der Waals surface area contributed by atoms with Crippen LogP contribution >= 0.6 is 0 Å². The SMILES string of the molecule is COc1ccc(/C=C/C(=O)NC2CCN3CCCC23)cc1. The van der Waals surface area contributed by atoms with Crippen molar-refractivity contribution in [1.29, 1.82) is 0 Å². The number of nitrogens with one attached hydrogen (secondary N) is 1. The van der Waals surface area contributed by atoms with Crippen molar-refractivity contribution in [3.63, 3.8) is 0 Å². The highest BCUT2D eigenvalue weighted by molar-refractivity contribution is 5.92. The predicted octanol–water partition coefficient (Wildman–Crippen LogP) is 2.06. The third kappa shape index (κ3) is 3.27. The molecule has 1 N–H and O–H groups in total. The molecule has 0 spiro atoms. The maximum absolute atomic E-state index is 12.0. The Bertz CT molecular complexity index is 524. The number of rotatable bonds is 4. The minimum Gasteiger partial charge on any atom is -0.497 e. The van der Waals surface area contributed by atoms with Crippen LogP contribution < -0.4 is 10.1 Å². The van der Waals surface area contributed by atoms with E-state index in [0.29, 0.717) is 12.1 Å². The van der Waals surface area contributed by atoms with Crippen molar-refractivity contribution in [1.82, 2.24) is 10.2 Å². The third-order valence-electron chi connectivity index (χ3n) is 4.48. The largest absolute Gasteiger partial charge is 0.497 e. The molecule has 21 heavy (non-hydrogen) atoms. The van der Waals surface area contributed by atoms with Gasteiger partial charge in [0, 0.05) is 24.7 Å². The maximum Gasteiger partial charge on any atom is 0.244 e. The van der Waals surface area contributed by atoms with Gasteiger partial charge in [0.15, 0.2) is 0 Å². The molecule has 4 nitrogen and oxygen atoms in total. The van der Waals surface area contributed by atoms with E-state index in [1.807, 2.05) is 30.3 Å². The van der Waals surface area contributed by atoms with Crippen molar-refractivity contribution in [2.75, 3.05) is 20.2 Å². The highest BCUT2D eigenvalue weighted by atomic mass is 16.5. The highest BCUT2D eigenvalue weighted by Gasteiger charge is 2.37. The molecule has 112 valence electrons. The molecule has 0 saturated carbocycles. The van der Waals surface area contributed by atoms with Gasteiger partial charge in [0.1, 0.15) is 5.75 Å². The van der Waals surface area contributed by atoms with Gasteiger partial charge in [0.25, 0.3) is 0 Å². The summed E-state index contributed by atoms with van der Waals surface area (Å²) in [6, 6.07) is 8.55. The fourth-order valence-corrected chi connectivity index (χ4v) is 3.37. The van der Waals surface area contributed by atoms with Gasteiger partial charge in [-0.1, -0.05) is 12.1 Å². The number of hydrogen-bond donors (Lipinski definition) is 1. The number of fused-ring (bicyclic) bond motifs is 1. The van der Waals surface area contributed by atoms with Gasteiger partial charge in [0.05, 0.1) is 7.11 Å². The number of ether oxygens (including phenoxy) is 1. The average molecular weight is 286 g/mol. The second kappa shape index (κ2) is 6.31. The van der Waals surface area contributed by atoms with Crippen molar-refractivity contribution in [2.45, 2.75) is 31.3 Å². The lowest BCUT2D eigenvalue weighted by Crippen LogP contribution is -2.41. The first-order valence-corrected chi connectivity index (χ1v) is 7.63. The highest BCUT2D eigenvalue weighted by Crippen LogP contribution is 2.27. The van der Waals surface area contributed by atoms with Crippen molar-refractivity contribution in [3.05, 3.63) is 35.9 Å². The molecule has 1 amide bonds. The molecule has 0 bridgehead atoms. The molecule has 2 saturated heterocycles. The van der Waals surface area contributed by atoms with E-state index in [-0.39, 0.29) is 5.91 Å². The van der Waals surface area contributed by atoms with Gasteiger partial charge in [-0.15, -0.1) is 0 Å². The van der Waals surface area contributed by atoms with Crippen LogP contribution in [0.5, 0.6) is 5.75 Å². The second-order valence-electron chi connectivity index (χ2n) is 5.76. The lowest BCUT2D eigenvalue weighted by molar-refractivity contribution is -0.117. The topological polar surface area (TPSA) is 41.6 Å². The quantitative estimate of drug-likeness (QED) is 0.862. The van der Waals surface area contributed by atoms with Crippen LogP contribution in [-0.2, 0) is 4.79 Å². The minimum absolute atomic E-state index is 0.00423. The molecular weight excluding hydrogens is 264 g/mol.